The molecule has 4 aromatic rings. The van der Waals surface area contributed by atoms with Gasteiger partial charge in [0, 0.05) is 23.0 Å². The fourth-order valence-corrected chi connectivity index (χ4v) is 3.20. The van der Waals surface area contributed by atoms with Crippen LogP contribution in [-0.4, -0.2) is 15.9 Å². The first kappa shape index (κ1) is 16.9. The Morgan fingerprint density at radius 3 is 2.37 bits per heavy atom. The summed E-state index contributed by atoms with van der Waals surface area (Å²) in [6, 6.07) is 23.0. The molecule has 2 N–H and O–H groups in total. The number of hydrogen-bond acceptors (Lipinski definition) is 5. The third kappa shape index (κ3) is 4.19. The van der Waals surface area contributed by atoms with Crippen molar-refractivity contribution >= 4 is 34.4 Å². The zero-order valence-corrected chi connectivity index (χ0v) is 15.1. The zero-order chi connectivity index (χ0) is 18.5. The number of hydrogen-bond donors (Lipinski definition) is 2. The second-order valence-electron chi connectivity index (χ2n) is 5.79. The molecule has 0 radical (unpaired) electrons. The second kappa shape index (κ2) is 7.80. The molecule has 2 aromatic carbocycles. The van der Waals surface area contributed by atoms with E-state index in [4.69, 9.17) is 0 Å². The van der Waals surface area contributed by atoms with E-state index in [1.165, 1.54) is 11.3 Å². The quantitative estimate of drug-likeness (QED) is 0.505. The first-order valence-corrected chi connectivity index (χ1v) is 9.25. The van der Waals surface area contributed by atoms with Crippen LogP contribution in [0.2, 0.25) is 0 Å². The smallest absolute Gasteiger partial charge is 0.265 e. The highest BCUT2D eigenvalue weighted by Gasteiger charge is 2.07. The molecule has 0 bridgehead atoms. The summed E-state index contributed by atoms with van der Waals surface area (Å²) in [5, 5.41) is 8.03. The Morgan fingerprint density at radius 1 is 0.852 bits per heavy atom. The lowest BCUT2D eigenvalue weighted by Gasteiger charge is -2.09. The molecule has 5 nitrogen and oxygen atoms in total. The third-order valence-electron chi connectivity index (χ3n) is 3.90. The van der Waals surface area contributed by atoms with Crippen LogP contribution in [0, 0.1) is 0 Å². The van der Waals surface area contributed by atoms with Gasteiger partial charge in [-0.05, 0) is 35.7 Å². The maximum atomic E-state index is 12.1. The maximum absolute atomic E-state index is 12.1. The zero-order valence-electron chi connectivity index (χ0n) is 14.3. The molecule has 1 amide bonds. The second-order valence-corrected chi connectivity index (χ2v) is 6.74. The van der Waals surface area contributed by atoms with E-state index in [1.807, 2.05) is 72.1 Å². The van der Waals surface area contributed by atoms with Crippen molar-refractivity contribution in [2.45, 2.75) is 0 Å². The minimum absolute atomic E-state index is 0.103. The van der Waals surface area contributed by atoms with Crippen LogP contribution >= 0.6 is 11.3 Å². The first-order valence-electron chi connectivity index (χ1n) is 8.37. The lowest BCUT2D eigenvalue weighted by Crippen LogP contribution is -2.09. The van der Waals surface area contributed by atoms with E-state index >= 15 is 0 Å². The topological polar surface area (TPSA) is 66.9 Å². The number of benzene rings is 2. The lowest BCUT2D eigenvalue weighted by molar-refractivity contribution is 0.103. The highest BCUT2D eigenvalue weighted by Crippen LogP contribution is 2.22. The molecule has 0 fully saturated rings. The molecule has 0 aliphatic carbocycles. The fraction of sp³-hybridized carbons (Fsp3) is 0. The van der Waals surface area contributed by atoms with Gasteiger partial charge in [0.25, 0.3) is 5.91 Å². The number of thiophene rings is 1. The van der Waals surface area contributed by atoms with E-state index in [9.17, 15) is 4.79 Å². The summed E-state index contributed by atoms with van der Waals surface area (Å²) in [5.74, 6) is 0.605. The Kier molecular flexibility index (Phi) is 4.89. The maximum Gasteiger partial charge on any atom is 0.265 e. The van der Waals surface area contributed by atoms with E-state index in [-0.39, 0.29) is 5.91 Å². The minimum Gasteiger partial charge on any atom is -0.340 e. The highest BCUT2D eigenvalue weighted by molar-refractivity contribution is 7.12. The largest absolute Gasteiger partial charge is 0.340 e. The van der Waals surface area contributed by atoms with Gasteiger partial charge in [-0.15, -0.1) is 11.3 Å². The Bertz CT molecular complexity index is 1030. The van der Waals surface area contributed by atoms with Gasteiger partial charge in [0.2, 0.25) is 0 Å². The summed E-state index contributed by atoms with van der Waals surface area (Å²) in [5.41, 5.74) is 3.51. The molecule has 0 saturated carbocycles. The van der Waals surface area contributed by atoms with Gasteiger partial charge in [-0.1, -0.05) is 36.4 Å². The molecule has 6 heteroatoms. The molecule has 0 saturated heterocycles. The summed E-state index contributed by atoms with van der Waals surface area (Å²) in [6.45, 7) is 0. The highest BCUT2D eigenvalue weighted by atomic mass is 32.1. The first-order chi connectivity index (χ1) is 13.3. The summed E-state index contributed by atoms with van der Waals surface area (Å²) in [6.07, 6.45) is 1.54. The number of anilines is 3. The number of carbonyl (C=O) groups is 1. The van der Waals surface area contributed by atoms with E-state index in [0.29, 0.717) is 10.7 Å². The van der Waals surface area contributed by atoms with Gasteiger partial charge in [0.05, 0.1) is 10.6 Å². The van der Waals surface area contributed by atoms with Crippen molar-refractivity contribution < 1.29 is 4.79 Å². The number of rotatable bonds is 5. The van der Waals surface area contributed by atoms with E-state index in [2.05, 4.69) is 20.6 Å². The van der Waals surface area contributed by atoms with Crippen LogP contribution in [-0.2, 0) is 0 Å². The minimum atomic E-state index is -0.103. The summed E-state index contributed by atoms with van der Waals surface area (Å²) in [7, 11) is 0. The Labute approximate surface area is 160 Å². The fourth-order valence-electron chi connectivity index (χ4n) is 2.58. The molecular formula is C21H16N4OS. The van der Waals surface area contributed by atoms with Crippen LogP contribution in [0.25, 0.3) is 11.3 Å². The monoisotopic (exact) mass is 372 g/mol. The van der Waals surface area contributed by atoms with Crippen molar-refractivity contribution in [3.8, 4) is 11.3 Å². The predicted molar refractivity (Wildman–Crippen MR) is 109 cm³/mol. The molecule has 4 rings (SSSR count). The lowest BCUT2D eigenvalue weighted by atomic mass is 10.1. The Balaban J connectivity index is 1.45. The number of amides is 1. The molecule has 0 unspecified atom stereocenters. The van der Waals surface area contributed by atoms with E-state index in [0.717, 1.165) is 22.6 Å². The third-order valence-corrected chi connectivity index (χ3v) is 4.77. The van der Waals surface area contributed by atoms with Gasteiger partial charge < -0.3 is 10.6 Å². The van der Waals surface area contributed by atoms with Crippen molar-refractivity contribution in [1.82, 2.24) is 9.97 Å². The van der Waals surface area contributed by atoms with E-state index < -0.39 is 0 Å². The van der Waals surface area contributed by atoms with Crippen molar-refractivity contribution in [3.05, 3.63) is 89.4 Å². The molecule has 0 spiro atoms. The average molecular weight is 372 g/mol. The molecular weight excluding hydrogens is 356 g/mol. The Morgan fingerprint density at radius 2 is 1.63 bits per heavy atom. The average Bonchev–Trinajstić information content (AvgIpc) is 3.25. The van der Waals surface area contributed by atoms with Gasteiger partial charge in [-0.2, -0.15) is 0 Å². The van der Waals surface area contributed by atoms with Gasteiger partial charge >= 0.3 is 0 Å². The van der Waals surface area contributed by atoms with E-state index in [1.54, 1.807) is 12.4 Å². The van der Waals surface area contributed by atoms with Gasteiger partial charge in [-0.3, -0.25) is 4.79 Å². The van der Waals surface area contributed by atoms with Gasteiger partial charge in [0.1, 0.15) is 12.1 Å². The molecule has 132 valence electrons. The van der Waals surface area contributed by atoms with Crippen LogP contribution in [0.4, 0.5) is 17.2 Å². The standard InChI is InChI=1S/C21H16N4OS/c26-21(19-7-4-12-27-19)25-17-10-8-16(9-11-17)24-20-13-18(22-14-23-20)15-5-2-1-3-6-15/h1-14H,(H,25,26)(H,22,23,24). The number of nitrogens with zero attached hydrogens (tertiary/aromatic N) is 2. The molecule has 0 aliphatic heterocycles. The predicted octanol–water partition coefficient (Wildman–Crippen LogP) is 5.20. The molecule has 27 heavy (non-hydrogen) atoms. The van der Waals surface area contributed by atoms with Crippen molar-refractivity contribution in [1.29, 1.82) is 0 Å². The van der Waals surface area contributed by atoms with Crippen molar-refractivity contribution in [3.63, 3.8) is 0 Å². The summed E-state index contributed by atoms with van der Waals surface area (Å²) in [4.78, 5) is 21.4. The molecule has 2 aromatic heterocycles. The molecule has 0 aliphatic rings. The van der Waals surface area contributed by atoms with Gasteiger partial charge in [0.15, 0.2) is 0 Å². The van der Waals surface area contributed by atoms with Crippen LogP contribution in [0.3, 0.4) is 0 Å². The Hall–Kier alpha value is -3.51. The molecule has 0 atom stereocenters. The molecule has 2 heterocycles. The summed E-state index contributed by atoms with van der Waals surface area (Å²) >= 11 is 1.42. The number of aromatic nitrogens is 2. The summed E-state index contributed by atoms with van der Waals surface area (Å²) < 4.78 is 0. The van der Waals surface area contributed by atoms with Crippen molar-refractivity contribution in [2.75, 3.05) is 10.6 Å². The van der Waals surface area contributed by atoms with Crippen LogP contribution in [0.1, 0.15) is 9.67 Å². The number of nitrogens with one attached hydrogen (secondary N) is 2. The normalized spacial score (nSPS) is 10.4. The number of carbonyl (C=O) groups excluding carboxylic acids is 1. The van der Waals surface area contributed by atoms with Gasteiger partial charge in [-0.25, -0.2) is 9.97 Å². The SMILES string of the molecule is O=C(Nc1ccc(Nc2cc(-c3ccccc3)ncn2)cc1)c1cccs1. The van der Waals surface area contributed by atoms with Crippen LogP contribution < -0.4 is 10.6 Å². The van der Waals surface area contributed by atoms with Crippen LogP contribution in [0.5, 0.6) is 0 Å². The van der Waals surface area contributed by atoms with Crippen molar-refractivity contribution in [2.24, 2.45) is 0 Å². The van der Waals surface area contributed by atoms with Crippen LogP contribution in [0.15, 0.2) is 84.5 Å².